The first-order valence-corrected chi connectivity index (χ1v) is 7.96. The molecule has 112 valence electrons. The minimum Gasteiger partial charge on any atom is -0.305 e. The van der Waals surface area contributed by atoms with Gasteiger partial charge < -0.3 is 4.57 Å². The van der Waals surface area contributed by atoms with Gasteiger partial charge in [0.15, 0.2) is 11.0 Å². The van der Waals surface area contributed by atoms with Crippen molar-refractivity contribution in [2.24, 2.45) is 7.05 Å². The third-order valence-corrected chi connectivity index (χ3v) is 4.53. The number of halogens is 1. The second-order valence-corrected chi connectivity index (χ2v) is 6.05. The molecule has 0 bridgehead atoms. The number of hydrogen-bond acceptors (Lipinski definition) is 3. The van der Waals surface area contributed by atoms with Crippen LogP contribution in [0.15, 0.2) is 53.7 Å². The Hall–Kier alpha value is -2.14. The van der Waals surface area contributed by atoms with Crippen molar-refractivity contribution >= 4 is 11.8 Å². The van der Waals surface area contributed by atoms with Gasteiger partial charge in [-0.2, -0.15) is 0 Å². The minimum atomic E-state index is -0.184. The van der Waals surface area contributed by atoms with Crippen LogP contribution in [0.25, 0.3) is 11.4 Å². The SMILES string of the molecule is Cc1ccc(-c2nnc(SCc3ccccc3F)n2C)cc1. The minimum absolute atomic E-state index is 0.184. The van der Waals surface area contributed by atoms with E-state index in [1.54, 1.807) is 12.1 Å². The first kappa shape index (κ1) is 14.8. The number of nitrogens with zero attached hydrogens (tertiary/aromatic N) is 3. The Bertz CT molecular complexity index is 781. The lowest BCUT2D eigenvalue weighted by atomic mass is 10.1. The molecular formula is C17H16FN3S. The molecule has 0 aliphatic carbocycles. The average Bonchev–Trinajstić information content (AvgIpc) is 2.88. The summed E-state index contributed by atoms with van der Waals surface area (Å²) in [5.41, 5.74) is 2.91. The van der Waals surface area contributed by atoms with E-state index in [2.05, 4.69) is 29.3 Å². The fourth-order valence-electron chi connectivity index (χ4n) is 2.15. The van der Waals surface area contributed by atoms with E-state index in [0.29, 0.717) is 11.3 Å². The zero-order valence-electron chi connectivity index (χ0n) is 12.5. The molecule has 1 heterocycles. The Kier molecular flexibility index (Phi) is 4.24. The van der Waals surface area contributed by atoms with E-state index in [1.165, 1.54) is 23.4 Å². The first-order chi connectivity index (χ1) is 10.6. The molecular weight excluding hydrogens is 297 g/mol. The van der Waals surface area contributed by atoms with Crippen LogP contribution in [0, 0.1) is 12.7 Å². The van der Waals surface area contributed by atoms with Crippen LogP contribution in [0.2, 0.25) is 0 Å². The van der Waals surface area contributed by atoms with E-state index < -0.39 is 0 Å². The molecule has 22 heavy (non-hydrogen) atoms. The number of aromatic nitrogens is 3. The van der Waals surface area contributed by atoms with Gasteiger partial charge in [0.05, 0.1) is 0 Å². The van der Waals surface area contributed by atoms with Crippen molar-refractivity contribution < 1.29 is 4.39 Å². The van der Waals surface area contributed by atoms with E-state index in [4.69, 9.17) is 0 Å². The van der Waals surface area contributed by atoms with E-state index in [0.717, 1.165) is 16.5 Å². The predicted molar refractivity (Wildman–Crippen MR) is 87.1 cm³/mol. The van der Waals surface area contributed by atoms with Gasteiger partial charge in [-0.15, -0.1) is 10.2 Å². The summed E-state index contributed by atoms with van der Waals surface area (Å²) in [7, 11) is 1.93. The van der Waals surface area contributed by atoms with Crippen LogP contribution in [-0.2, 0) is 12.8 Å². The topological polar surface area (TPSA) is 30.7 Å². The lowest BCUT2D eigenvalue weighted by Gasteiger charge is -2.05. The molecule has 3 rings (SSSR count). The standard InChI is InChI=1S/C17H16FN3S/c1-12-7-9-13(10-8-12)16-19-20-17(21(16)2)22-11-14-5-3-4-6-15(14)18/h3-10H,11H2,1-2H3. The molecule has 0 unspecified atom stereocenters. The number of aryl methyl sites for hydroxylation is 1. The van der Waals surface area contributed by atoms with E-state index in [-0.39, 0.29) is 5.82 Å². The van der Waals surface area contributed by atoms with E-state index >= 15 is 0 Å². The van der Waals surface area contributed by atoms with E-state index in [9.17, 15) is 4.39 Å². The zero-order chi connectivity index (χ0) is 15.5. The van der Waals surface area contributed by atoms with Gasteiger partial charge in [-0.3, -0.25) is 0 Å². The Morgan fingerprint density at radius 3 is 2.50 bits per heavy atom. The van der Waals surface area contributed by atoms with Crippen molar-refractivity contribution in [3.05, 3.63) is 65.5 Å². The molecule has 0 radical (unpaired) electrons. The van der Waals surface area contributed by atoms with Gasteiger partial charge in [0, 0.05) is 18.4 Å². The summed E-state index contributed by atoms with van der Waals surface area (Å²) in [5, 5.41) is 9.24. The normalized spacial score (nSPS) is 10.9. The van der Waals surface area contributed by atoms with Crippen LogP contribution in [0.1, 0.15) is 11.1 Å². The molecule has 0 saturated heterocycles. The smallest absolute Gasteiger partial charge is 0.191 e. The molecule has 0 amide bonds. The molecule has 1 aromatic heterocycles. The van der Waals surface area contributed by atoms with Crippen molar-refractivity contribution in [3.63, 3.8) is 0 Å². The van der Waals surface area contributed by atoms with Crippen LogP contribution in [-0.4, -0.2) is 14.8 Å². The summed E-state index contributed by atoms with van der Waals surface area (Å²) in [6.07, 6.45) is 0. The zero-order valence-corrected chi connectivity index (χ0v) is 13.3. The third-order valence-electron chi connectivity index (χ3n) is 3.46. The Balaban J connectivity index is 1.79. The van der Waals surface area contributed by atoms with Crippen LogP contribution in [0.5, 0.6) is 0 Å². The van der Waals surface area contributed by atoms with Crippen LogP contribution >= 0.6 is 11.8 Å². The maximum atomic E-state index is 13.6. The van der Waals surface area contributed by atoms with Crippen LogP contribution in [0.4, 0.5) is 4.39 Å². The highest BCUT2D eigenvalue weighted by molar-refractivity contribution is 7.98. The monoisotopic (exact) mass is 313 g/mol. The molecule has 0 spiro atoms. The molecule has 0 fully saturated rings. The Labute approximate surface area is 133 Å². The highest BCUT2D eigenvalue weighted by Gasteiger charge is 2.12. The summed E-state index contributed by atoms with van der Waals surface area (Å²) >= 11 is 1.48. The lowest BCUT2D eigenvalue weighted by Crippen LogP contribution is -1.95. The summed E-state index contributed by atoms with van der Waals surface area (Å²) in [6.45, 7) is 2.05. The second-order valence-electron chi connectivity index (χ2n) is 5.11. The van der Waals surface area contributed by atoms with Gasteiger partial charge in [-0.1, -0.05) is 59.8 Å². The Morgan fingerprint density at radius 1 is 1.05 bits per heavy atom. The molecule has 2 aromatic carbocycles. The van der Waals surface area contributed by atoms with E-state index in [1.807, 2.05) is 29.8 Å². The van der Waals surface area contributed by atoms with Gasteiger partial charge in [-0.25, -0.2) is 4.39 Å². The molecule has 0 aliphatic heterocycles. The van der Waals surface area contributed by atoms with Crippen molar-refractivity contribution in [3.8, 4) is 11.4 Å². The predicted octanol–water partition coefficient (Wildman–Crippen LogP) is 4.22. The molecule has 0 aliphatic rings. The molecule has 3 aromatic rings. The molecule has 5 heteroatoms. The molecule has 0 saturated carbocycles. The molecule has 3 nitrogen and oxygen atoms in total. The largest absolute Gasteiger partial charge is 0.305 e. The fourth-order valence-corrected chi connectivity index (χ4v) is 3.05. The summed E-state index contributed by atoms with van der Waals surface area (Å²) in [5.74, 6) is 1.17. The van der Waals surface area contributed by atoms with Gasteiger partial charge in [0.2, 0.25) is 0 Å². The average molecular weight is 313 g/mol. The van der Waals surface area contributed by atoms with Crippen molar-refractivity contribution in [1.29, 1.82) is 0 Å². The van der Waals surface area contributed by atoms with Crippen LogP contribution in [0.3, 0.4) is 0 Å². The number of thioether (sulfide) groups is 1. The van der Waals surface area contributed by atoms with Gasteiger partial charge >= 0.3 is 0 Å². The first-order valence-electron chi connectivity index (χ1n) is 6.98. The van der Waals surface area contributed by atoms with Crippen molar-refractivity contribution in [2.75, 3.05) is 0 Å². The maximum absolute atomic E-state index is 13.6. The quantitative estimate of drug-likeness (QED) is 0.676. The van der Waals surface area contributed by atoms with Gasteiger partial charge in [0.25, 0.3) is 0 Å². The van der Waals surface area contributed by atoms with Crippen molar-refractivity contribution in [1.82, 2.24) is 14.8 Å². The number of benzene rings is 2. The van der Waals surface area contributed by atoms with Crippen molar-refractivity contribution in [2.45, 2.75) is 17.8 Å². The summed E-state index contributed by atoms with van der Waals surface area (Å²) in [6, 6.07) is 15.0. The van der Waals surface area contributed by atoms with Gasteiger partial charge in [-0.05, 0) is 18.6 Å². The van der Waals surface area contributed by atoms with Crippen LogP contribution < -0.4 is 0 Å². The number of hydrogen-bond donors (Lipinski definition) is 0. The Morgan fingerprint density at radius 2 is 1.77 bits per heavy atom. The number of rotatable bonds is 4. The third kappa shape index (κ3) is 3.04. The highest BCUT2D eigenvalue weighted by atomic mass is 32.2. The molecule has 0 N–H and O–H groups in total. The second kappa shape index (κ2) is 6.32. The summed E-state index contributed by atoms with van der Waals surface area (Å²) < 4.78 is 15.6. The lowest BCUT2D eigenvalue weighted by molar-refractivity contribution is 0.617. The van der Waals surface area contributed by atoms with Gasteiger partial charge in [0.1, 0.15) is 5.82 Å². The fraction of sp³-hybridized carbons (Fsp3) is 0.176. The molecule has 0 atom stereocenters. The summed E-state index contributed by atoms with van der Waals surface area (Å²) in [4.78, 5) is 0. The maximum Gasteiger partial charge on any atom is 0.191 e. The highest BCUT2D eigenvalue weighted by Crippen LogP contribution is 2.26.